The van der Waals surface area contributed by atoms with Gasteiger partial charge >= 0.3 is 0 Å². The molecule has 0 aromatic rings. The van der Waals surface area contributed by atoms with Crippen LogP contribution in [0, 0.1) is 83.4 Å². The number of hydrogen-bond donors (Lipinski definition) is 0. The molecule has 0 spiro atoms. The molecule has 0 N–H and O–H groups in total. The van der Waals surface area contributed by atoms with Crippen LogP contribution in [0.15, 0.2) is 0 Å². The van der Waals surface area contributed by atoms with E-state index in [1.165, 1.54) is 0 Å². The van der Waals surface area contributed by atoms with E-state index in [9.17, 15) is 0 Å². The van der Waals surface area contributed by atoms with E-state index in [2.05, 4.69) is 77.0 Å². The van der Waals surface area contributed by atoms with Gasteiger partial charge in [0.05, 0.1) is 0 Å². The third kappa shape index (κ3) is 10.9. The first kappa shape index (κ1) is 10.0. The van der Waals surface area contributed by atoms with Crippen LogP contribution in [0.3, 0.4) is 0 Å². The van der Waals surface area contributed by atoms with Gasteiger partial charge in [-0.25, -0.2) is 0 Å². The van der Waals surface area contributed by atoms with Crippen molar-refractivity contribution in [2.24, 2.45) is 0 Å². The predicted molar refractivity (Wildman–Crippen MR) is 61.2 cm³/mol. The molecule has 0 heterocycles. The second kappa shape index (κ2) is 10.9. The molecule has 0 aromatic heterocycles. The highest BCUT2D eigenvalue weighted by Crippen LogP contribution is 1.56. The minimum absolute atomic E-state index is 1.70. The molecule has 0 saturated heterocycles. The molecule has 0 bridgehead atoms. The first-order valence-electron chi connectivity index (χ1n) is 4.25. The molecule has 0 aliphatic rings. The van der Waals surface area contributed by atoms with Gasteiger partial charge in [0, 0.05) is 0 Å². The van der Waals surface area contributed by atoms with Crippen molar-refractivity contribution in [2.75, 3.05) is 0 Å². The highest BCUT2D eigenvalue weighted by atomic mass is 13.6. The summed E-state index contributed by atoms with van der Waals surface area (Å²) >= 11 is 0. The first-order chi connectivity index (χ1) is 7.91. The van der Waals surface area contributed by atoms with E-state index < -0.39 is 0 Å². The fourth-order valence-electron chi connectivity index (χ4n) is 0.375. The highest BCUT2D eigenvalue weighted by Gasteiger charge is 1.56. The van der Waals surface area contributed by atoms with Gasteiger partial charge < -0.3 is 0 Å². The van der Waals surface area contributed by atoms with Gasteiger partial charge in [0.2, 0.25) is 0 Å². The molecule has 0 fully saturated rings. The minimum Gasteiger partial charge on any atom is -0.106 e. The second-order valence-electron chi connectivity index (χ2n) is 1.75. The lowest BCUT2D eigenvalue weighted by Gasteiger charge is -1.55. The summed E-state index contributed by atoms with van der Waals surface area (Å²) in [7, 11) is 0. The molecule has 0 aliphatic heterocycles. The monoisotopic (exact) mass is 186 g/mol. The van der Waals surface area contributed by atoms with Crippen molar-refractivity contribution in [3.8, 4) is 83.4 Å². The highest BCUT2D eigenvalue weighted by molar-refractivity contribution is 5.44. The van der Waals surface area contributed by atoms with Crippen LogP contribution in [-0.4, -0.2) is 0 Å². The van der Waals surface area contributed by atoms with E-state index in [-0.39, 0.29) is 0 Å². The van der Waals surface area contributed by atoms with Crippen LogP contribution in [-0.2, 0) is 0 Å². The van der Waals surface area contributed by atoms with Gasteiger partial charge in [0.1, 0.15) is 1.37 Å². The Balaban J connectivity index is 4.23. The lowest BCUT2D eigenvalue weighted by molar-refractivity contribution is 1.92. The minimum atomic E-state index is 1.70. The quantitative estimate of drug-likeness (QED) is 0.487. The molecule has 0 aromatic carbocycles. The molecule has 0 nitrogen and oxygen atoms in total. The maximum atomic E-state index is 6.46. The lowest BCUT2D eigenvalue weighted by atomic mass is 10.5. The van der Waals surface area contributed by atoms with E-state index >= 15 is 0 Å². The van der Waals surface area contributed by atoms with E-state index in [4.69, 9.17) is 1.37 Å². The Morgan fingerprint density at radius 2 is 1.07 bits per heavy atom. The van der Waals surface area contributed by atoms with Crippen LogP contribution < -0.4 is 0 Å². The molecule has 0 rings (SSSR count). The summed E-state index contributed by atoms with van der Waals surface area (Å²) in [5.41, 5.74) is 0. The Labute approximate surface area is 92.2 Å². The zero-order valence-electron chi connectivity index (χ0n) is 9.00. The molecule has 0 atom stereocenters. The van der Waals surface area contributed by atoms with Crippen LogP contribution in [0.5, 0.6) is 0 Å². The Bertz CT molecular complexity index is 599. The zero-order chi connectivity index (χ0) is 11.9. The van der Waals surface area contributed by atoms with Gasteiger partial charge in [-0.05, 0) is 78.0 Å². The number of rotatable bonds is 0. The average Bonchev–Trinajstić information content (AvgIpc) is 2.31. The molecular weight excluding hydrogens is 180 g/mol. The van der Waals surface area contributed by atoms with Crippen molar-refractivity contribution in [3.05, 3.63) is 0 Å². The average molecular weight is 186 g/mol. The summed E-state index contributed by atoms with van der Waals surface area (Å²) in [6.07, 6.45) is 1.88. The first-order valence-corrected chi connectivity index (χ1v) is 3.75. The van der Waals surface area contributed by atoms with Gasteiger partial charge in [-0.3, -0.25) is 0 Å². The summed E-state index contributed by atoms with van der Waals surface area (Å²) in [5.74, 6) is 32.0. The van der Waals surface area contributed by atoms with Gasteiger partial charge in [-0.2, -0.15) is 0 Å². The van der Waals surface area contributed by atoms with Crippen LogP contribution in [0.2, 0.25) is 0 Å². The summed E-state index contributed by atoms with van der Waals surface area (Å²) in [6, 6.07) is 0. The second-order valence-corrected chi connectivity index (χ2v) is 1.75. The summed E-state index contributed by atoms with van der Waals surface area (Å²) in [6.45, 7) is 1.70. The Hall–Kier alpha value is -3.08. The van der Waals surface area contributed by atoms with Crippen molar-refractivity contribution in [1.29, 1.82) is 0 Å². The van der Waals surface area contributed by atoms with Crippen molar-refractivity contribution < 1.29 is 1.37 Å². The molecular formula is C15H4. The van der Waals surface area contributed by atoms with Crippen molar-refractivity contribution in [1.82, 2.24) is 0 Å². The van der Waals surface area contributed by atoms with E-state index in [0.717, 1.165) is 0 Å². The predicted octanol–water partition coefficient (Wildman–Crippen LogP) is 0.660. The smallest absolute Gasteiger partial charge is 0.106 e. The normalized spacial score (nSPS) is 4.20. The van der Waals surface area contributed by atoms with Crippen molar-refractivity contribution in [2.45, 2.75) is 6.92 Å². The largest absolute Gasteiger partial charge is 0.125 e. The SMILES string of the molecule is [3H]C#CC#CC#CC#CC#CC#CC#CC. The molecule has 64 valence electrons. The molecule has 0 amide bonds. The van der Waals surface area contributed by atoms with Gasteiger partial charge in [-0.15, -0.1) is 6.40 Å². The summed E-state index contributed by atoms with van der Waals surface area (Å²) < 4.78 is 6.46. The van der Waals surface area contributed by atoms with Crippen molar-refractivity contribution in [3.63, 3.8) is 0 Å². The van der Waals surface area contributed by atoms with Gasteiger partial charge in [0.25, 0.3) is 0 Å². The van der Waals surface area contributed by atoms with E-state index in [1.807, 2.05) is 6.40 Å². The fourth-order valence-corrected chi connectivity index (χ4v) is 0.375. The number of hydrogen-bond acceptors (Lipinski definition) is 0. The maximum absolute atomic E-state index is 6.46. The fraction of sp³-hybridized carbons (Fsp3) is 0.0667. The Morgan fingerprint density at radius 1 is 0.667 bits per heavy atom. The molecule has 15 heavy (non-hydrogen) atoms. The van der Waals surface area contributed by atoms with E-state index in [0.29, 0.717) is 0 Å². The molecule has 0 saturated carbocycles. The zero-order valence-corrected chi connectivity index (χ0v) is 8.00. The topological polar surface area (TPSA) is 0 Å². The van der Waals surface area contributed by atoms with Crippen molar-refractivity contribution >= 4 is 0 Å². The van der Waals surface area contributed by atoms with Gasteiger partial charge in [-0.1, -0.05) is 5.92 Å². The third-order valence-corrected chi connectivity index (χ3v) is 0.812. The Kier molecular flexibility index (Phi) is 7.28. The summed E-state index contributed by atoms with van der Waals surface area (Å²) in [5, 5.41) is 0. The summed E-state index contributed by atoms with van der Waals surface area (Å²) in [4.78, 5) is 0. The Morgan fingerprint density at radius 3 is 1.47 bits per heavy atom. The standard InChI is InChI=1S/C15H4/c1-3-5-7-9-11-13-15-14-12-10-8-6-4-2/h1H,2H3/i1T. The lowest BCUT2D eigenvalue weighted by Crippen LogP contribution is -1.55. The molecule has 0 heteroatoms. The molecule has 0 radical (unpaired) electrons. The maximum Gasteiger partial charge on any atom is 0.125 e. The third-order valence-electron chi connectivity index (χ3n) is 0.812. The molecule has 0 unspecified atom stereocenters. The van der Waals surface area contributed by atoms with E-state index in [1.54, 1.807) is 6.92 Å². The van der Waals surface area contributed by atoms with Crippen LogP contribution >= 0.6 is 0 Å². The number of terminal acetylenes is 1. The van der Waals surface area contributed by atoms with Gasteiger partial charge in [0.15, 0.2) is 0 Å². The van der Waals surface area contributed by atoms with Crippen LogP contribution in [0.25, 0.3) is 0 Å². The van der Waals surface area contributed by atoms with Crippen LogP contribution in [0.1, 0.15) is 8.29 Å². The molecule has 0 aliphatic carbocycles. The van der Waals surface area contributed by atoms with Crippen LogP contribution in [0.4, 0.5) is 0 Å².